The SMILES string of the molecule is Cn1cnnc1SC[C@@H]1C[C@H](c2ccc(CO)cc2)O[C@H](c2ccc(NC(=O)CCCC(=O)Nc3ccccc3N)cc2)O1. The van der Waals surface area contributed by atoms with Gasteiger partial charge in [-0.05, 0) is 41.8 Å². The molecule has 0 spiro atoms. The number of para-hydroxylation sites is 2. The summed E-state index contributed by atoms with van der Waals surface area (Å²) in [5.41, 5.74) is 10.2. The summed E-state index contributed by atoms with van der Waals surface area (Å²) in [5.74, 6) is 0.299. The molecule has 5 rings (SSSR count). The second-order valence-electron chi connectivity index (χ2n) is 10.5. The molecule has 11 nitrogen and oxygen atoms in total. The second-order valence-corrected chi connectivity index (χ2v) is 11.5. The number of nitrogens with zero attached hydrogens (tertiary/aromatic N) is 3. The Labute approximate surface area is 260 Å². The third-order valence-corrected chi connectivity index (χ3v) is 8.36. The Balaban J connectivity index is 1.16. The van der Waals surface area contributed by atoms with E-state index in [-0.39, 0.29) is 43.5 Å². The number of thioether (sulfide) groups is 1. The van der Waals surface area contributed by atoms with E-state index in [4.69, 9.17) is 15.2 Å². The van der Waals surface area contributed by atoms with Gasteiger partial charge in [0.25, 0.3) is 0 Å². The first kappa shape index (κ1) is 31.2. The highest BCUT2D eigenvalue weighted by atomic mass is 32.2. The Kier molecular flexibility index (Phi) is 10.6. The first-order valence-electron chi connectivity index (χ1n) is 14.4. The van der Waals surface area contributed by atoms with Gasteiger partial charge in [-0.2, -0.15) is 0 Å². The maximum absolute atomic E-state index is 12.5. The quantitative estimate of drug-likeness (QED) is 0.128. The van der Waals surface area contributed by atoms with E-state index in [0.717, 1.165) is 21.8 Å². The van der Waals surface area contributed by atoms with E-state index in [2.05, 4.69) is 20.8 Å². The van der Waals surface area contributed by atoms with Gasteiger partial charge < -0.3 is 35.5 Å². The van der Waals surface area contributed by atoms with Crippen LogP contribution < -0.4 is 16.4 Å². The first-order chi connectivity index (χ1) is 21.4. The Bertz CT molecular complexity index is 1550. The molecule has 12 heteroatoms. The number of rotatable bonds is 12. The molecule has 1 aliphatic rings. The molecule has 2 amide bonds. The molecular weight excluding hydrogens is 580 g/mol. The number of aliphatic hydroxyl groups excluding tert-OH is 1. The molecule has 3 atom stereocenters. The zero-order valence-electron chi connectivity index (χ0n) is 24.4. The molecule has 0 aliphatic carbocycles. The van der Waals surface area contributed by atoms with E-state index in [1.54, 1.807) is 42.4 Å². The number of aromatic nitrogens is 3. The van der Waals surface area contributed by atoms with Crippen molar-refractivity contribution in [3.05, 3.63) is 95.8 Å². The summed E-state index contributed by atoms with van der Waals surface area (Å²) in [6, 6.07) is 22.2. The van der Waals surface area contributed by atoms with Gasteiger partial charge in [-0.3, -0.25) is 9.59 Å². The van der Waals surface area contributed by atoms with Crippen LogP contribution in [0.4, 0.5) is 17.1 Å². The molecule has 0 bridgehead atoms. The van der Waals surface area contributed by atoms with E-state index in [0.29, 0.717) is 35.7 Å². The number of carbonyl (C=O) groups excluding carboxylic acids is 2. The molecule has 3 aromatic carbocycles. The van der Waals surface area contributed by atoms with Crippen LogP contribution in [-0.2, 0) is 32.7 Å². The van der Waals surface area contributed by atoms with Crippen molar-refractivity contribution >= 4 is 40.6 Å². The third-order valence-electron chi connectivity index (χ3n) is 7.19. The number of amides is 2. The van der Waals surface area contributed by atoms with Gasteiger partial charge in [0.05, 0.1) is 30.2 Å². The largest absolute Gasteiger partial charge is 0.397 e. The molecule has 1 aromatic heterocycles. The van der Waals surface area contributed by atoms with Crippen molar-refractivity contribution in [2.75, 3.05) is 22.1 Å². The lowest BCUT2D eigenvalue weighted by Crippen LogP contribution is -2.31. The molecule has 1 fully saturated rings. The van der Waals surface area contributed by atoms with Crippen LogP contribution >= 0.6 is 11.8 Å². The van der Waals surface area contributed by atoms with Gasteiger partial charge in [-0.1, -0.05) is 60.3 Å². The van der Waals surface area contributed by atoms with E-state index < -0.39 is 6.29 Å². The fourth-order valence-corrected chi connectivity index (χ4v) is 5.68. The minimum absolute atomic E-state index is 0.0173. The van der Waals surface area contributed by atoms with Gasteiger partial charge in [0.2, 0.25) is 11.8 Å². The zero-order valence-corrected chi connectivity index (χ0v) is 25.2. The van der Waals surface area contributed by atoms with Gasteiger partial charge in [-0.15, -0.1) is 10.2 Å². The van der Waals surface area contributed by atoms with Crippen LogP contribution in [0.25, 0.3) is 0 Å². The Morgan fingerprint density at radius 3 is 2.36 bits per heavy atom. The summed E-state index contributed by atoms with van der Waals surface area (Å²) in [6.07, 6.45) is 2.20. The normalized spacial score (nSPS) is 18.1. The van der Waals surface area contributed by atoms with Crippen LogP contribution in [0.5, 0.6) is 0 Å². The molecule has 0 saturated carbocycles. The molecule has 1 aliphatic heterocycles. The van der Waals surface area contributed by atoms with Crippen molar-refractivity contribution in [1.29, 1.82) is 0 Å². The lowest BCUT2D eigenvalue weighted by Gasteiger charge is -2.36. The number of nitrogens with one attached hydrogen (secondary N) is 2. The highest BCUT2D eigenvalue weighted by Crippen LogP contribution is 2.39. The molecule has 4 aromatic rings. The number of hydrogen-bond donors (Lipinski definition) is 4. The van der Waals surface area contributed by atoms with Gasteiger partial charge in [0, 0.05) is 43.3 Å². The predicted molar refractivity (Wildman–Crippen MR) is 169 cm³/mol. The van der Waals surface area contributed by atoms with Crippen molar-refractivity contribution in [1.82, 2.24) is 14.8 Å². The molecule has 44 heavy (non-hydrogen) atoms. The average molecular weight is 617 g/mol. The van der Waals surface area contributed by atoms with E-state index in [9.17, 15) is 14.7 Å². The number of ether oxygens (including phenoxy) is 2. The summed E-state index contributed by atoms with van der Waals surface area (Å²) >= 11 is 1.58. The van der Waals surface area contributed by atoms with Crippen molar-refractivity contribution in [3.8, 4) is 0 Å². The molecule has 0 unspecified atom stereocenters. The van der Waals surface area contributed by atoms with Gasteiger partial charge >= 0.3 is 0 Å². The van der Waals surface area contributed by atoms with E-state index in [1.165, 1.54) is 0 Å². The predicted octanol–water partition coefficient (Wildman–Crippen LogP) is 4.97. The van der Waals surface area contributed by atoms with Crippen LogP contribution in [-0.4, -0.2) is 43.5 Å². The van der Waals surface area contributed by atoms with Crippen LogP contribution in [0.1, 0.15) is 54.8 Å². The highest BCUT2D eigenvalue weighted by molar-refractivity contribution is 7.99. The lowest BCUT2D eigenvalue weighted by atomic mass is 10.0. The summed E-state index contributed by atoms with van der Waals surface area (Å²) in [7, 11) is 1.90. The van der Waals surface area contributed by atoms with Crippen LogP contribution in [0.2, 0.25) is 0 Å². The van der Waals surface area contributed by atoms with E-state index >= 15 is 0 Å². The number of nitrogens with two attached hydrogens (primary N) is 1. The third kappa shape index (κ3) is 8.44. The Morgan fingerprint density at radius 1 is 0.977 bits per heavy atom. The topological polar surface area (TPSA) is 154 Å². The lowest BCUT2D eigenvalue weighted by molar-refractivity contribution is -0.245. The maximum Gasteiger partial charge on any atom is 0.224 e. The smallest absolute Gasteiger partial charge is 0.224 e. The zero-order chi connectivity index (χ0) is 30.9. The number of aryl methyl sites for hydroxylation is 1. The fraction of sp³-hybridized carbons (Fsp3) is 0.312. The molecule has 0 radical (unpaired) electrons. The number of benzene rings is 3. The standard InChI is InChI=1S/C32H36N6O5S/c1-38-20-34-37-32(38)44-19-25-17-28(22-11-9-21(18-39)10-12-22)43-31(42-25)23-13-15-24(16-14-23)35-29(40)7-4-8-30(41)36-27-6-3-2-5-26(27)33/h2-3,5-6,9-16,20,25,28,31,39H,4,7-8,17-19,33H2,1H3,(H,35,40)(H,36,41)/t25-,28+,31+/m0/s1. The highest BCUT2D eigenvalue weighted by Gasteiger charge is 2.32. The number of carbonyl (C=O) groups is 2. The van der Waals surface area contributed by atoms with E-state index in [1.807, 2.05) is 60.1 Å². The molecular formula is C32H36N6O5S. The number of hydrogen-bond acceptors (Lipinski definition) is 9. The van der Waals surface area contributed by atoms with Crippen molar-refractivity contribution < 1.29 is 24.2 Å². The summed E-state index contributed by atoms with van der Waals surface area (Å²) in [6.45, 7) is -0.0173. The average Bonchev–Trinajstić information content (AvgIpc) is 3.45. The number of nitrogen functional groups attached to an aromatic ring is 1. The summed E-state index contributed by atoms with van der Waals surface area (Å²) < 4.78 is 14.7. The first-order valence-corrected chi connectivity index (χ1v) is 15.4. The second kappa shape index (κ2) is 15.0. The fourth-order valence-electron chi connectivity index (χ4n) is 4.77. The Morgan fingerprint density at radius 2 is 1.68 bits per heavy atom. The number of aliphatic hydroxyl groups is 1. The van der Waals surface area contributed by atoms with Crippen LogP contribution in [0, 0.1) is 0 Å². The van der Waals surface area contributed by atoms with Crippen molar-refractivity contribution in [3.63, 3.8) is 0 Å². The maximum atomic E-state index is 12.5. The Hall–Kier alpha value is -4.23. The molecule has 2 heterocycles. The minimum Gasteiger partial charge on any atom is -0.397 e. The van der Waals surface area contributed by atoms with Gasteiger partial charge in [0.15, 0.2) is 11.4 Å². The van der Waals surface area contributed by atoms with Crippen LogP contribution in [0.3, 0.4) is 0 Å². The number of anilines is 3. The van der Waals surface area contributed by atoms with Crippen LogP contribution in [0.15, 0.2) is 84.3 Å². The minimum atomic E-state index is -0.613. The molecule has 1 saturated heterocycles. The summed E-state index contributed by atoms with van der Waals surface area (Å²) in [5, 5.41) is 24.0. The molecule has 5 N–H and O–H groups in total. The summed E-state index contributed by atoms with van der Waals surface area (Å²) in [4.78, 5) is 24.8. The van der Waals surface area contributed by atoms with Gasteiger partial charge in [-0.25, -0.2) is 0 Å². The molecule has 230 valence electrons. The van der Waals surface area contributed by atoms with Crippen molar-refractivity contribution in [2.24, 2.45) is 7.05 Å². The monoisotopic (exact) mass is 616 g/mol. The van der Waals surface area contributed by atoms with Crippen molar-refractivity contribution in [2.45, 2.75) is 55.9 Å². The van der Waals surface area contributed by atoms with Gasteiger partial charge in [0.1, 0.15) is 6.33 Å².